The van der Waals surface area contributed by atoms with Crippen LogP contribution in [0.15, 0.2) is 48.5 Å². The van der Waals surface area contributed by atoms with E-state index >= 15 is 0 Å². The van der Waals surface area contributed by atoms with Crippen molar-refractivity contribution < 1.29 is 13.9 Å². The molecule has 1 fully saturated rings. The Morgan fingerprint density at radius 3 is 2.62 bits per heavy atom. The number of ether oxygens (including phenoxy) is 2. The lowest BCUT2D eigenvalue weighted by Gasteiger charge is -2.22. The lowest BCUT2D eigenvalue weighted by atomic mass is 9.91. The van der Waals surface area contributed by atoms with Gasteiger partial charge >= 0.3 is 0 Å². The number of nitrogens with zero attached hydrogens (tertiary/aromatic N) is 1. The molecule has 0 aliphatic carbocycles. The summed E-state index contributed by atoms with van der Waals surface area (Å²) in [6.45, 7) is 1.67. The van der Waals surface area contributed by atoms with Gasteiger partial charge in [-0.15, -0.1) is 0 Å². The summed E-state index contributed by atoms with van der Waals surface area (Å²) >= 11 is 0. The molecule has 2 heterocycles. The maximum absolute atomic E-state index is 14.3. The van der Waals surface area contributed by atoms with Crippen molar-refractivity contribution in [2.24, 2.45) is 0 Å². The molecule has 26 heavy (non-hydrogen) atoms. The Kier molecular flexibility index (Phi) is 4.71. The molecule has 134 valence electrons. The third-order valence-electron chi connectivity index (χ3n) is 4.94. The van der Waals surface area contributed by atoms with Crippen molar-refractivity contribution in [3.8, 4) is 28.3 Å². The van der Waals surface area contributed by atoms with Gasteiger partial charge in [0.1, 0.15) is 11.6 Å². The minimum absolute atomic E-state index is 0.339. The molecule has 0 saturated carbocycles. The topological polar surface area (TPSA) is 47.1 Å². The van der Waals surface area contributed by atoms with Gasteiger partial charge in [0.2, 0.25) is 0 Å². The van der Waals surface area contributed by atoms with Gasteiger partial charge in [0.05, 0.1) is 24.1 Å². The number of hydrogen-bond acceptors (Lipinski definition) is 3. The fourth-order valence-corrected chi connectivity index (χ4v) is 3.49. The second-order valence-corrected chi connectivity index (χ2v) is 6.49. The number of rotatable bonds is 4. The highest BCUT2D eigenvalue weighted by molar-refractivity contribution is 5.72. The standard InChI is InChI=1S/C21H21FN2O2/c1-25-20-4-2-3-17(22)21(20)19-13-18(23-24-19)16-7-5-14(6-8-16)15-9-11-26-12-10-15/h2-8,13,15H,9-12H2,1H3,(H,23,24). The predicted molar refractivity (Wildman–Crippen MR) is 98.8 cm³/mol. The zero-order valence-corrected chi connectivity index (χ0v) is 14.7. The number of halogens is 1. The van der Waals surface area contributed by atoms with Gasteiger partial charge in [0.15, 0.2) is 0 Å². The van der Waals surface area contributed by atoms with Gasteiger partial charge in [-0.3, -0.25) is 5.10 Å². The molecule has 0 radical (unpaired) electrons. The normalized spacial score (nSPS) is 15.2. The Hall–Kier alpha value is -2.66. The molecule has 1 saturated heterocycles. The molecule has 1 aliphatic heterocycles. The zero-order chi connectivity index (χ0) is 17.9. The van der Waals surface area contributed by atoms with Gasteiger partial charge < -0.3 is 9.47 Å². The van der Waals surface area contributed by atoms with Crippen LogP contribution in [0.25, 0.3) is 22.5 Å². The Labute approximate surface area is 152 Å². The Morgan fingerprint density at radius 1 is 1.12 bits per heavy atom. The van der Waals surface area contributed by atoms with E-state index < -0.39 is 0 Å². The average Bonchev–Trinajstić information content (AvgIpc) is 3.18. The van der Waals surface area contributed by atoms with Crippen LogP contribution in [0, 0.1) is 5.82 Å². The highest BCUT2D eigenvalue weighted by Gasteiger charge is 2.17. The first-order chi connectivity index (χ1) is 12.8. The van der Waals surface area contributed by atoms with E-state index in [-0.39, 0.29) is 5.82 Å². The van der Waals surface area contributed by atoms with Gasteiger partial charge in [-0.2, -0.15) is 5.10 Å². The Balaban J connectivity index is 1.60. The van der Waals surface area contributed by atoms with Crippen molar-refractivity contribution in [2.75, 3.05) is 20.3 Å². The summed E-state index contributed by atoms with van der Waals surface area (Å²) in [5, 5.41) is 7.28. The van der Waals surface area contributed by atoms with Crippen molar-refractivity contribution in [2.45, 2.75) is 18.8 Å². The van der Waals surface area contributed by atoms with E-state index in [0.717, 1.165) is 37.3 Å². The summed E-state index contributed by atoms with van der Waals surface area (Å²) in [4.78, 5) is 0. The first-order valence-electron chi connectivity index (χ1n) is 8.82. The molecular weight excluding hydrogens is 331 g/mol. The largest absolute Gasteiger partial charge is 0.496 e. The molecule has 1 aliphatic rings. The van der Waals surface area contributed by atoms with E-state index in [4.69, 9.17) is 9.47 Å². The summed E-state index contributed by atoms with van der Waals surface area (Å²) in [5.74, 6) is 0.708. The average molecular weight is 352 g/mol. The molecule has 0 atom stereocenters. The summed E-state index contributed by atoms with van der Waals surface area (Å²) in [7, 11) is 1.53. The van der Waals surface area contributed by atoms with E-state index in [1.807, 2.05) is 6.07 Å². The Bertz CT molecular complexity index is 883. The number of aromatic amines is 1. The molecular formula is C21H21FN2O2. The van der Waals surface area contributed by atoms with Crippen molar-refractivity contribution >= 4 is 0 Å². The number of aromatic nitrogens is 2. The SMILES string of the molecule is COc1cccc(F)c1-c1cc(-c2ccc(C3CCOCC3)cc2)n[nH]1. The van der Waals surface area contributed by atoms with Crippen LogP contribution in [0.3, 0.4) is 0 Å². The molecule has 1 aromatic heterocycles. The first kappa shape index (κ1) is 16.8. The van der Waals surface area contributed by atoms with E-state index in [0.29, 0.717) is 22.9 Å². The van der Waals surface area contributed by atoms with Crippen LogP contribution in [0.1, 0.15) is 24.3 Å². The van der Waals surface area contributed by atoms with Crippen molar-refractivity contribution in [1.82, 2.24) is 10.2 Å². The highest BCUT2D eigenvalue weighted by atomic mass is 19.1. The molecule has 0 spiro atoms. The first-order valence-corrected chi connectivity index (χ1v) is 8.82. The van der Waals surface area contributed by atoms with Crippen molar-refractivity contribution in [3.63, 3.8) is 0 Å². The van der Waals surface area contributed by atoms with E-state index in [1.54, 1.807) is 12.1 Å². The fraction of sp³-hybridized carbons (Fsp3) is 0.286. The van der Waals surface area contributed by atoms with Gasteiger partial charge in [-0.25, -0.2) is 4.39 Å². The highest BCUT2D eigenvalue weighted by Crippen LogP contribution is 2.34. The summed E-state index contributed by atoms with van der Waals surface area (Å²) in [5.41, 5.74) is 4.11. The summed E-state index contributed by atoms with van der Waals surface area (Å²) in [6.07, 6.45) is 2.14. The predicted octanol–water partition coefficient (Wildman–Crippen LogP) is 4.79. The molecule has 5 heteroatoms. The molecule has 0 amide bonds. The summed E-state index contributed by atoms with van der Waals surface area (Å²) < 4.78 is 25.0. The maximum atomic E-state index is 14.3. The van der Waals surface area contributed by atoms with Crippen LogP contribution in [0.2, 0.25) is 0 Å². The fourth-order valence-electron chi connectivity index (χ4n) is 3.49. The lowest BCUT2D eigenvalue weighted by Crippen LogP contribution is -2.13. The molecule has 0 unspecified atom stereocenters. The van der Waals surface area contributed by atoms with E-state index in [2.05, 4.69) is 34.5 Å². The maximum Gasteiger partial charge on any atom is 0.136 e. The van der Waals surface area contributed by atoms with Gasteiger partial charge in [0, 0.05) is 18.8 Å². The van der Waals surface area contributed by atoms with Crippen LogP contribution in [-0.2, 0) is 4.74 Å². The minimum atomic E-state index is -0.339. The molecule has 2 aromatic carbocycles. The third-order valence-corrected chi connectivity index (χ3v) is 4.94. The van der Waals surface area contributed by atoms with Gasteiger partial charge in [0.25, 0.3) is 0 Å². The van der Waals surface area contributed by atoms with Crippen LogP contribution in [0.5, 0.6) is 5.75 Å². The third kappa shape index (κ3) is 3.22. The number of methoxy groups -OCH3 is 1. The van der Waals surface area contributed by atoms with Gasteiger partial charge in [-0.05, 0) is 42.5 Å². The molecule has 3 aromatic rings. The van der Waals surface area contributed by atoms with Crippen LogP contribution < -0.4 is 4.74 Å². The quantitative estimate of drug-likeness (QED) is 0.735. The van der Waals surface area contributed by atoms with Crippen LogP contribution >= 0.6 is 0 Å². The van der Waals surface area contributed by atoms with E-state index in [1.165, 1.54) is 18.7 Å². The number of nitrogens with one attached hydrogen (secondary N) is 1. The smallest absolute Gasteiger partial charge is 0.136 e. The van der Waals surface area contributed by atoms with Crippen molar-refractivity contribution in [3.05, 3.63) is 59.9 Å². The van der Waals surface area contributed by atoms with Crippen molar-refractivity contribution in [1.29, 1.82) is 0 Å². The molecule has 4 rings (SSSR count). The second-order valence-electron chi connectivity index (χ2n) is 6.49. The lowest BCUT2D eigenvalue weighted by molar-refractivity contribution is 0.0853. The van der Waals surface area contributed by atoms with Gasteiger partial charge in [-0.1, -0.05) is 30.3 Å². The number of H-pyrrole nitrogens is 1. The molecule has 0 bridgehead atoms. The number of benzene rings is 2. The van der Waals surface area contributed by atoms with Crippen LogP contribution in [-0.4, -0.2) is 30.5 Å². The molecule has 4 nitrogen and oxygen atoms in total. The minimum Gasteiger partial charge on any atom is -0.496 e. The summed E-state index contributed by atoms with van der Waals surface area (Å²) in [6, 6.07) is 15.1. The van der Waals surface area contributed by atoms with E-state index in [9.17, 15) is 4.39 Å². The second kappa shape index (κ2) is 7.30. The number of hydrogen-bond donors (Lipinski definition) is 1. The van der Waals surface area contributed by atoms with Crippen LogP contribution in [0.4, 0.5) is 4.39 Å². The Morgan fingerprint density at radius 2 is 1.88 bits per heavy atom. The molecule has 1 N–H and O–H groups in total. The zero-order valence-electron chi connectivity index (χ0n) is 14.7. The monoisotopic (exact) mass is 352 g/mol.